The SMILES string of the molecule is NNC(=O)c1cccn1C[C@H]1CCCO1. The number of aromatic nitrogens is 1. The first kappa shape index (κ1) is 10.2. The molecule has 1 saturated heterocycles. The number of carbonyl (C=O) groups is 1. The van der Waals surface area contributed by atoms with Crippen molar-refractivity contribution in [3.8, 4) is 0 Å². The van der Waals surface area contributed by atoms with Crippen LogP contribution in [0.2, 0.25) is 0 Å². The lowest BCUT2D eigenvalue weighted by atomic mass is 10.2. The molecule has 0 saturated carbocycles. The molecule has 82 valence electrons. The van der Waals surface area contributed by atoms with E-state index in [-0.39, 0.29) is 12.0 Å². The highest BCUT2D eigenvalue weighted by molar-refractivity contribution is 5.92. The first-order valence-electron chi connectivity index (χ1n) is 5.09. The fourth-order valence-corrected chi connectivity index (χ4v) is 1.86. The number of carbonyl (C=O) groups excluding carboxylic acids is 1. The zero-order chi connectivity index (χ0) is 10.7. The van der Waals surface area contributed by atoms with Crippen LogP contribution in [-0.2, 0) is 11.3 Å². The molecular formula is C10H15N3O2. The van der Waals surface area contributed by atoms with E-state index in [0.29, 0.717) is 5.69 Å². The van der Waals surface area contributed by atoms with Crippen molar-refractivity contribution < 1.29 is 9.53 Å². The van der Waals surface area contributed by atoms with E-state index >= 15 is 0 Å². The largest absolute Gasteiger partial charge is 0.376 e. The Morgan fingerprint density at radius 3 is 3.27 bits per heavy atom. The Hall–Kier alpha value is -1.33. The molecule has 0 bridgehead atoms. The monoisotopic (exact) mass is 209 g/mol. The van der Waals surface area contributed by atoms with Crippen LogP contribution in [0, 0.1) is 0 Å². The van der Waals surface area contributed by atoms with E-state index in [0.717, 1.165) is 26.0 Å². The van der Waals surface area contributed by atoms with Crippen molar-refractivity contribution in [2.24, 2.45) is 5.84 Å². The molecular weight excluding hydrogens is 194 g/mol. The predicted molar refractivity (Wildman–Crippen MR) is 55.1 cm³/mol. The van der Waals surface area contributed by atoms with Gasteiger partial charge in [-0.25, -0.2) is 5.84 Å². The lowest BCUT2D eigenvalue weighted by Crippen LogP contribution is -2.32. The molecule has 3 N–H and O–H groups in total. The van der Waals surface area contributed by atoms with Crippen LogP contribution in [0.4, 0.5) is 0 Å². The van der Waals surface area contributed by atoms with Gasteiger partial charge in [-0.2, -0.15) is 0 Å². The van der Waals surface area contributed by atoms with Crippen LogP contribution in [0.15, 0.2) is 18.3 Å². The number of hydrazine groups is 1. The molecule has 0 spiro atoms. The summed E-state index contributed by atoms with van der Waals surface area (Å²) in [4.78, 5) is 11.4. The molecule has 5 nitrogen and oxygen atoms in total. The Balaban J connectivity index is 2.07. The Morgan fingerprint density at radius 2 is 2.60 bits per heavy atom. The molecule has 0 aromatic carbocycles. The van der Waals surface area contributed by atoms with Gasteiger partial charge >= 0.3 is 0 Å². The summed E-state index contributed by atoms with van der Waals surface area (Å²) >= 11 is 0. The van der Waals surface area contributed by atoms with Gasteiger partial charge in [0.15, 0.2) is 0 Å². The van der Waals surface area contributed by atoms with Crippen LogP contribution in [0.1, 0.15) is 23.3 Å². The third-order valence-corrected chi connectivity index (χ3v) is 2.62. The van der Waals surface area contributed by atoms with Gasteiger partial charge in [-0.3, -0.25) is 10.2 Å². The normalized spacial score (nSPS) is 20.5. The number of nitrogens with one attached hydrogen (secondary N) is 1. The van der Waals surface area contributed by atoms with Gasteiger partial charge in [0.2, 0.25) is 0 Å². The number of hydrogen-bond acceptors (Lipinski definition) is 3. The van der Waals surface area contributed by atoms with Crippen molar-refractivity contribution in [3.05, 3.63) is 24.0 Å². The smallest absolute Gasteiger partial charge is 0.281 e. The fourth-order valence-electron chi connectivity index (χ4n) is 1.86. The van der Waals surface area contributed by atoms with E-state index in [1.807, 2.05) is 16.8 Å². The Morgan fingerprint density at radius 1 is 1.73 bits per heavy atom. The lowest BCUT2D eigenvalue weighted by molar-refractivity contribution is 0.0896. The minimum absolute atomic E-state index is 0.224. The van der Waals surface area contributed by atoms with Crippen LogP contribution in [0.3, 0.4) is 0 Å². The van der Waals surface area contributed by atoms with E-state index < -0.39 is 0 Å². The second-order valence-corrected chi connectivity index (χ2v) is 3.65. The number of hydrogen-bond donors (Lipinski definition) is 2. The fraction of sp³-hybridized carbons (Fsp3) is 0.500. The van der Waals surface area contributed by atoms with E-state index in [1.54, 1.807) is 6.07 Å². The molecule has 0 unspecified atom stereocenters. The topological polar surface area (TPSA) is 69.3 Å². The van der Waals surface area contributed by atoms with Crippen molar-refractivity contribution in [3.63, 3.8) is 0 Å². The molecule has 2 rings (SSSR count). The van der Waals surface area contributed by atoms with Crippen LogP contribution >= 0.6 is 0 Å². The molecule has 1 aliphatic heterocycles. The average molecular weight is 209 g/mol. The summed E-state index contributed by atoms with van der Waals surface area (Å²) in [6.07, 6.45) is 4.25. The second kappa shape index (κ2) is 4.46. The van der Waals surface area contributed by atoms with Gasteiger partial charge in [0.25, 0.3) is 5.91 Å². The summed E-state index contributed by atoms with van der Waals surface area (Å²) < 4.78 is 7.38. The Labute approximate surface area is 88.2 Å². The van der Waals surface area contributed by atoms with Crippen LogP contribution < -0.4 is 11.3 Å². The molecule has 0 aliphatic carbocycles. The second-order valence-electron chi connectivity index (χ2n) is 3.65. The molecule has 1 atom stereocenters. The zero-order valence-corrected chi connectivity index (χ0v) is 8.48. The minimum Gasteiger partial charge on any atom is -0.376 e. The molecule has 5 heteroatoms. The summed E-state index contributed by atoms with van der Waals surface area (Å²) in [5, 5.41) is 0. The number of amides is 1. The predicted octanol–water partition coefficient (Wildman–Crippen LogP) is 0.271. The summed E-state index contributed by atoms with van der Waals surface area (Å²) in [6, 6.07) is 3.58. The third-order valence-electron chi connectivity index (χ3n) is 2.62. The van der Waals surface area contributed by atoms with Gasteiger partial charge in [-0.15, -0.1) is 0 Å². The number of nitrogens with zero attached hydrogens (tertiary/aromatic N) is 1. The number of nitrogen functional groups attached to an aromatic ring is 1. The number of ether oxygens (including phenoxy) is 1. The van der Waals surface area contributed by atoms with Gasteiger partial charge in [-0.05, 0) is 25.0 Å². The van der Waals surface area contributed by atoms with E-state index in [2.05, 4.69) is 5.43 Å². The maximum atomic E-state index is 11.4. The quantitative estimate of drug-likeness (QED) is 0.426. The Kier molecular flexibility index (Phi) is 3.03. The summed E-state index contributed by atoms with van der Waals surface area (Å²) in [5.74, 6) is 4.83. The molecule has 1 aromatic rings. The highest BCUT2D eigenvalue weighted by Crippen LogP contribution is 2.15. The molecule has 1 amide bonds. The number of rotatable bonds is 3. The van der Waals surface area contributed by atoms with Gasteiger partial charge in [0.05, 0.1) is 6.10 Å². The highest BCUT2D eigenvalue weighted by Gasteiger charge is 2.18. The molecule has 0 radical (unpaired) electrons. The van der Waals surface area contributed by atoms with Gasteiger partial charge in [0, 0.05) is 19.3 Å². The zero-order valence-electron chi connectivity index (χ0n) is 8.48. The van der Waals surface area contributed by atoms with Crippen molar-refractivity contribution in [2.45, 2.75) is 25.5 Å². The van der Waals surface area contributed by atoms with Crippen LogP contribution in [0.25, 0.3) is 0 Å². The van der Waals surface area contributed by atoms with Gasteiger partial charge in [0.1, 0.15) is 5.69 Å². The minimum atomic E-state index is -0.266. The van der Waals surface area contributed by atoms with E-state index in [4.69, 9.17) is 10.6 Å². The number of nitrogens with two attached hydrogens (primary N) is 1. The van der Waals surface area contributed by atoms with E-state index in [9.17, 15) is 4.79 Å². The summed E-state index contributed by atoms with van der Waals surface area (Å²) in [5.41, 5.74) is 2.71. The first-order chi connectivity index (χ1) is 7.31. The Bertz CT molecular complexity index is 342. The molecule has 1 aromatic heterocycles. The van der Waals surface area contributed by atoms with Crippen molar-refractivity contribution in [2.75, 3.05) is 6.61 Å². The maximum Gasteiger partial charge on any atom is 0.281 e. The van der Waals surface area contributed by atoms with Gasteiger partial charge < -0.3 is 9.30 Å². The van der Waals surface area contributed by atoms with Crippen LogP contribution in [-0.4, -0.2) is 23.2 Å². The molecule has 1 fully saturated rings. The van der Waals surface area contributed by atoms with Crippen molar-refractivity contribution in [1.29, 1.82) is 0 Å². The lowest BCUT2D eigenvalue weighted by Gasteiger charge is -2.12. The van der Waals surface area contributed by atoms with E-state index in [1.165, 1.54) is 0 Å². The van der Waals surface area contributed by atoms with Crippen molar-refractivity contribution >= 4 is 5.91 Å². The van der Waals surface area contributed by atoms with Crippen molar-refractivity contribution in [1.82, 2.24) is 9.99 Å². The highest BCUT2D eigenvalue weighted by atomic mass is 16.5. The van der Waals surface area contributed by atoms with Gasteiger partial charge in [-0.1, -0.05) is 0 Å². The third kappa shape index (κ3) is 2.19. The molecule has 1 aliphatic rings. The van der Waals surface area contributed by atoms with Crippen LogP contribution in [0.5, 0.6) is 0 Å². The maximum absolute atomic E-state index is 11.4. The summed E-state index contributed by atoms with van der Waals surface area (Å²) in [7, 11) is 0. The standard InChI is InChI=1S/C10H15N3O2/c11-12-10(14)9-4-1-5-13(9)7-8-3-2-6-15-8/h1,4-5,8H,2-3,6-7,11H2,(H,12,14)/t8-/m1/s1. The molecule has 15 heavy (non-hydrogen) atoms. The molecule has 2 heterocycles. The average Bonchev–Trinajstić information content (AvgIpc) is 2.88. The first-order valence-corrected chi connectivity index (χ1v) is 5.09. The summed E-state index contributed by atoms with van der Waals surface area (Å²) in [6.45, 7) is 1.54.